The van der Waals surface area contributed by atoms with Crippen molar-refractivity contribution in [1.29, 1.82) is 0 Å². The molecule has 10 atom stereocenters. The molecular formula is C20H31ClN2O6S. The lowest BCUT2D eigenvalue weighted by atomic mass is 9.92. The van der Waals surface area contributed by atoms with Gasteiger partial charge in [0.2, 0.25) is 5.91 Å². The number of halogens is 1. The minimum Gasteiger partial charge on any atom is -0.388 e. The predicted octanol–water partition coefficient (Wildman–Crippen LogP) is -0.242. The number of amides is 1. The monoisotopic (exact) mass is 462 g/mol. The zero-order valence-corrected chi connectivity index (χ0v) is 18.7. The molecule has 3 aliphatic heterocycles. The summed E-state index contributed by atoms with van der Waals surface area (Å²) in [5.41, 5.74) is 0.359. The van der Waals surface area contributed by atoms with Crippen LogP contribution in [0.5, 0.6) is 0 Å². The Morgan fingerprint density at radius 3 is 2.77 bits per heavy atom. The van der Waals surface area contributed by atoms with Crippen molar-refractivity contribution in [2.75, 3.05) is 19.4 Å². The second kappa shape index (κ2) is 10.3. The van der Waals surface area contributed by atoms with Crippen molar-refractivity contribution >= 4 is 29.3 Å². The average Bonchev–Trinajstić information content (AvgIpc) is 3.00. The van der Waals surface area contributed by atoms with E-state index in [9.17, 15) is 20.1 Å². The molecule has 10 heteroatoms. The molecule has 0 aromatic carbocycles. The first-order valence-electron chi connectivity index (χ1n) is 10.1. The lowest BCUT2D eigenvalue weighted by molar-refractivity contribution is -0.205. The highest BCUT2D eigenvalue weighted by Crippen LogP contribution is 2.31. The van der Waals surface area contributed by atoms with Gasteiger partial charge >= 0.3 is 0 Å². The van der Waals surface area contributed by atoms with Crippen molar-refractivity contribution in [3.63, 3.8) is 0 Å². The summed E-state index contributed by atoms with van der Waals surface area (Å²) in [7, 11) is 0. The van der Waals surface area contributed by atoms with Crippen molar-refractivity contribution in [3.05, 3.63) is 24.3 Å². The van der Waals surface area contributed by atoms with Crippen molar-refractivity contribution in [2.24, 2.45) is 5.92 Å². The number of ether oxygens (including phenoxy) is 2. The van der Waals surface area contributed by atoms with Gasteiger partial charge in [-0.15, -0.1) is 23.4 Å². The van der Waals surface area contributed by atoms with Gasteiger partial charge in [0.15, 0.2) is 0 Å². The van der Waals surface area contributed by atoms with Crippen LogP contribution < -0.4 is 10.6 Å². The molecule has 2 fully saturated rings. The maximum absolute atomic E-state index is 13.1. The molecule has 170 valence electrons. The summed E-state index contributed by atoms with van der Waals surface area (Å²) in [6.45, 7) is 6.55. The predicted molar refractivity (Wildman–Crippen MR) is 115 cm³/mol. The van der Waals surface area contributed by atoms with Crippen LogP contribution in [0.1, 0.15) is 13.3 Å². The van der Waals surface area contributed by atoms with Gasteiger partial charge in [0, 0.05) is 12.5 Å². The van der Waals surface area contributed by atoms with E-state index in [1.807, 2.05) is 12.2 Å². The molecule has 3 heterocycles. The number of aliphatic hydroxyl groups excluding tert-OH is 3. The van der Waals surface area contributed by atoms with Crippen molar-refractivity contribution in [2.45, 2.75) is 66.8 Å². The third kappa shape index (κ3) is 4.88. The van der Waals surface area contributed by atoms with Crippen LogP contribution in [0.4, 0.5) is 0 Å². The van der Waals surface area contributed by atoms with E-state index in [1.165, 1.54) is 11.8 Å². The van der Waals surface area contributed by atoms with Crippen LogP contribution >= 0.6 is 23.4 Å². The molecule has 0 bridgehead atoms. The summed E-state index contributed by atoms with van der Waals surface area (Å²) in [5, 5.41) is 36.3. The van der Waals surface area contributed by atoms with Crippen LogP contribution in [0, 0.1) is 5.92 Å². The Labute approximate surface area is 186 Å². The Balaban J connectivity index is 1.71. The molecule has 8 nitrogen and oxygen atoms in total. The number of carbonyl (C=O) groups is 1. The number of thioether (sulfide) groups is 1. The van der Waals surface area contributed by atoms with Gasteiger partial charge in [-0.05, 0) is 25.2 Å². The molecule has 0 radical (unpaired) electrons. The van der Waals surface area contributed by atoms with Crippen LogP contribution in [0.25, 0.3) is 0 Å². The van der Waals surface area contributed by atoms with E-state index in [1.54, 1.807) is 13.2 Å². The third-order valence-electron chi connectivity index (χ3n) is 6.07. The van der Waals surface area contributed by atoms with Crippen LogP contribution in [0.2, 0.25) is 0 Å². The highest BCUT2D eigenvalue weighted by Gasteiger charge is 2.49. The Hall–Kier alpha value is -0.650. The molecule has 0 aromatic heterocycles. The third-order valence-corrected chi connectivity index (χ3v) is 7.19. The first-order chi connectivity index (χ1) is 14.3. The first kappa shape index (κ1) is 24.0. The van der Waals surface area contributed by atoms with Gasteiger partial charge in [-0.2, -0.15) is 0 Å². The summed E-state index contributed by atoms with van der Waals surface area (Å²) >= 11 is 7.55. The fourth-order valence-electron chi connectivity index (χ4n) is 4.34. The van der Waals surface area contributed by atoms with Gasteiger partial charge < -0.3 is 35.4 Å². The van der Waals surface area contributed by atoms with Gasteiger partial charge in [-0.25, -0.2) is 0 Å². The van der Waals surface area contributed by atoms with Crippen molar-refractivity contribution < 1.29 is 29.6 Å². The molecular weight excluding hydrogens is 432 g/mol. The minimum atomic E-state index is -1.40. The zero-order chi connectivity index (χ0) is 22.0. The van der Waals surface area contributed by atoms with E-state index in [2.05, 4.69) is 17.2 Å². The number of hydrogen-bond acceptors (Lipinski definition) is 8. The quantitative estimate of drug-likeness (QED) is 0.343. The molecule has 30 heavy (non-hydrogen) atoms. The Kier molecular flexibility index (Phi) is 8.25. The molecule has 0 spiro atoms. The fraction of sp³-hybridized carbons (Fsp3) is 0.750. The zero-order valence-electron chi connectivity index (χ0n) is 17.1. The number of fused-ring (bicyclic) bond motifs is 1. The average molecular weight is 463 g/mol. The number of rotatable bonds is 6. The largest absolute Gasteiger partial charge is 0.388 e. The Morgan fingerprint density at radius 1 is 1.40 bits per heavy atom. The number of alkyl halides is 1. The highest BCUT2D eigenvalue weighted by molar-refractivity contribution is 7.99. The van der Waals surface area contributed by atoms with Crippen molar-refractivity contribution in [3.8, 4) is 0 Å². The number of carbonyl (C=O) groups excluding carboxylic acids is 1. The van der Waals surface area contributed by atoms with E-state index in [0.717, 1.165) is 12.0 Å². The molecule has 3 aliphatic rings. The topological polar surface area (TPSA) is 120 Å². The number of aliphatic hydroxyl groups is 3. The summed E-state index contributed by atoms with van der Waals surface area (Å²) in [5.74, 6) is -0.159. The minimum absolute atomic E-state index is 0.147. The van der Waals surface area contributed by atoms with Gasteiger partial charge in [-0.1, -0.05) is 18.7 Å². The molecule has 5 N–H and O–H groups in total. The SMILES string of the molecule is C=CC1=CCO[C@@H]2[C@H](CN[C@@H]2C(=O)N[C@H]([C@H](C)Cl)[C@H]2OC(SC)[C@H](O)[C@H](O)C2O)C1. The maximum atomic E-state index is 13.1. The molecule has 0 aliphatic carbocycles. The second-order valence-electron chi connectivity index (χ2n) is 8.02. The van der Waals surface area contributed by atoms with E-state index in [-0.39, 0.29) is 17.9 Å². The standard InChI is InChI=1S/C20H31ClN2O6S/c1-4-10-5-6-28-17-11(7-10)8-22-13(17)19(27)23-12(9(2)21)18-15(25)14(24)16(26)20(29-18)30-3/h4-5,9,11-18,20,22,24-26H,1,6-8H2,2-3H3,(H,23,27)/t9-,11-,12+,13-,14+,15?,16+,17+,18+,20?/m0/s1. The molecule has 3 rings (SSSR count). The smallest absolute Gasteiger partial charge is 0.240 e. The van der Waals surface area contributed by atoms with Gasteiger partial charge in [0.25, 0.3) is 0 Å². The molecule has 0 aromatic rings. The normalized spacial score (nSPS) is 41.2. The van der Waals surface area contributed by atoms with Crippen LogP contribution in [0.15, 0.2) is 24.3 Å². The summed E-state index contributed by atoms with van der Waals surface area (Å²) in [4.78, 5) is 13.1. The molecule has 0 saturated carbocycles. The number of nitrogens with one attached hydrogen (secondary N) is 2. The summed E-state index contributed by atoms with van der Waals surface area (Å²) in [6.07, 6.45) is 0.990. The van der Waals surface area contributed by atoms with Gasteiger partial charge in [0.1, 0.15) is 35.9 Å². The number of allylic oxidation sites excluding steroid dienone is 2. The van der Waals surface area contributed by atoms with E-state index in [4.69, 9.17) is 21.1 Å². The summed E-state index contributed by atoms with van der Waals surface area (Å²) in [6, 6.07) is -1.35. The van der Waals surface area contributed by atoms with Crippen LogP contribution in [-0.4, -0.2) is 94.1 Å². The lowest BCUT2D eigenvalue weighted by Crippen LogP contribution is -2.65. The van der Waals surface area contributed by atoms with E-state index >= 15 is 0 Å². The second-order valence-corrected chi connectivity index (χ2v) is 9.64. The molecule has 1 amide bonds. The Bertz CT molecular complexity index is 663. The summed E-state index contributed by atoms with van der Waals surface area (Å²) < 4.78 is 11.7. The van der Waals surface area contributed by atoms with E-state index in [0.29, 0.717) is 13.2 Å². The molecule has 2 unspecified atom stereocenters. The van der Waals surface area contributed by atoms with Crippen LogP contribution in [0.3, 0.4) is 0 Å². The van der Waals surface area contributed by atoms with E-state index < -0.39 is 47.3 Å². The van der Waals surface area contributed by atoms with Gasteiger partial charge in [-0.3, -0.25) is 4.79 Å². The lowest BCUT2D eigenvalue weighted by Gasteiger charge is -2.44. The fourth-order valence-corrected chi connectivity index (χ4v) is 5.23. The maximum Gasteiger partial charge on any atom is 0.240 e. The Morgan fingerprint density at radius 2 is 2.13 bits per heavy atom. The first-order valence-corrected chi connectivity index (χ1v) is 11.8. The van der Waals surface area contributed by atoms with Gasteiger partial charge in [0.05, 0.1) is 24.1 Å². The highest BCUT2D eigenvalue weighted by atomic mass is 35.5. The molecule has 2 saturated heterocycles. The van der Waals surface area contributed by atoms with Crippen LogP contribution in [-0.2, 0) is 14.3 Å². The number of hydrogen-bond donors (Lipinski definition) is 5. The van der Waals surface area contributed by atoms with Crippen molar-refractivity contribution in [1.82, 2.24) is 10.6 Å².